The lowest BCUT2D eigenvalue weighted by Gasteiger charge is -2.31. The van der Waals surface area contributed by atoms with Crippen LogP contribution in [-0.4, -0.2) is 31.5 Å². The molecule has 0 spiro atoms. The second kappa shape index (κ2) is 25.5. The quantitative estimate of drug-likeness (QED) is 0.0992. The number of ether oxygens (including phenoxy) is 2. The Balaban J connectivity index is 3.50. The molecule has 0 amide bonds. The fourth-order valence-electron chi connectivity index (χ4n) is 3.93. The van der Waals surface area contributed by atoms with Gasteiger partial charge in [-0.2, -0.15) is 0 Å². The normalized spacial score (nSPS) is 13.4. The van der Waals surface area contributed by atoms with Crippen LogP contribution in [0.5, 0.6) is 0 Å². The van der Waals surface area contributed by atoms with Crippen molar-refractivity contribution in [3.05, 3.63) is 24.3 Å². The third kappa shape index (κ3) is 23.1. The molecule has 0 aliphatic carbocycles. The van der Waals surface area contributed by atoms with Gasteiger partial charge in [-0.15, -0.1) is 0 Å². The minimum Gasteiger partial charge on any atom is -0.380 e. The summed E-state index contributed by atoms with van der Waals surface area (Å²) < 4.78 is 11.9. The maximum absolute atomic E-state index is 6.34. The molecule has 0 heterocycles. The Morgan fingerprint density at radius 1 is 0.618 bits per heavy atom. The predicted octanol–water partition coefficient (Wildman–Crippen LogP) is 9.30. The maximum atomic E-state index is 6.34. The van der Waals surface area contributed by atoms with Crippen LogP contribution >= 0.6 is 0 Å². The smallest absolute Gasteiger partial charge is 0.0799 e. The van der Waals surface area contributed by atoms with Gasteiger partial charge in [0.1, 0.15) is 0 Å². The van der Waals surface area contributed by atoms with Gasteiger partial charge in [-0.25, -0.2) is 0 Å². The van der Waals surface area contributed by atoms with E-state index >= 15 is 0 Å². The Hall–Kier alpha value is -0.640. The second-order valence-corrected chi connectivity index (χ2v) is 10.5. The van der Waals surface area contributed by atoms with Crippen molar-refractivity contribution >= 4 is 0 Å². The van der Waals surface area contributed by atoms with Gasteiger partial charge in [-0.05, 0) is 58.8 Å². The Labute approximate surface area is 214 Å². The number of hydrogen-bond donors (Lipinski definition) is 1. The Morgan fingerprint density at radius 3 is 1.71 bits per heavy atom. The molecule has 0 aromatic heterocycles. The first-order valence-corrected chi connectivity index (χ1v) is 14.8. The molecule has 202 valence electrons. The van der Waals surface area contributed by atoms with Crippen molar-refractivity contribution in [1.29, 1.82) is 0 Å². The molecule has 0 aromatic rings. The minimum absolute atomic E-state index is 0.0720. The molecular weight excluding hydrogens is 418 g/mol. The summed E-state index contributed by atoms with van der Waals surface area (Å²) in [6.45, 7) is 10.9. The lowest BCUT2D eigenvalue weighted by molar-refractivity contribution is -0.0566. The van der Waals surface area contributed by atoms with Crippen LogP contribution in [-0.2, 0) is 9.47 Å². The highest BCUT2D eigenvalue weighted by atomic mass is 16.5. The van der Waals surface area contributed by atoms with Gasteiger partial charge >= 0.3 is 0 Å². The van der Waals surface area contributed by atoms with Crippen LogP contribution in [0.2, 0.25) is 0 Å². The molecule has 0 saturated carbocycles. The molecule has 0 rings (SSSR count). The lowest BCUT2D eigenvalue weighted by Crippen LogP contribution is -2.48. The zero-order valence-electron chi connectivity index (χ0n) is 23.6. The summed E-state index contributed by atoms with van der Waals surface area (Å²) in [4.78, 5) is 0. The molecule has 3 nitrogen and oxygen atoms in total. The van der Waals surface area contributed by atoms with Gasteiger partial charge in [-0.3, -0.25) is 0 Å². The first kappa shape index (κ1) is 33.4. The van der Waals surface area contributed by atoms with Crippen LogP contribution in [0.1, 0.15) is 143 Å². The third-order valence-electron chi connectivity index (χ3n) is 6.65. The molecule has 0 bridgehead atoms. The zero-order chi connectivity index (χ0) is 25.2. The Kier molecular flexibility index (Phi) is 25.0. The van der Waals surface area contributed by atoms with Crippen LogP contribution in [0.4, 0.5) is 0 Å². The summed E-state index contributed by atoms with van der Waals surface area (Å²) in [5.74, 6) is 0. The number of allylic oxidation sites excluding steroid dienone is 4. The molecule has 34 heavy (non-hydrogen) atoms. The molecule has 0 fully saturated rings. The van der Waals surface area contributed by atoms with E-state index in [2.05, 4.69) is 52.0 Å². The molecular formula is C31H61NO2. The molecule has 2 N–H and O–H groups in total. The van der Waals surface area contributed by atoms with Gasteiger partial charge in [0.15, 0.2) is 0 Å². The van der Waals surface area contributed by atoms with Crippen molar-refractivity contribution in [3.63, 3.8) is 0 Å². The highest BCUT2D eigenvalue weighted by Crippen LogP contribution is 2.16. The molecule has 1 atom stereocenters. The molecule has 0 aromatic carbocycles. The maximum Gasteiger partial charge on any atom is 0.0799 e. The summed E-state index contributed by atoms with van der Waals surface area (Å²) in [5, 5.41) is 0. The van der Waals surface area contributed by atoms with Crippen LogP contribution in [0, 0.1) is 0 Å². The van der Waals surface area contributed by atoms with E-state index in [9.17, 15) is 0 Å². The van der Waals surface area contributed by atoms with Gasteiger partial charge in [-0.1, -0.05) is 109 Å². The monoisotopic (exact) mass is 479 g/mol. The van der Waals surface area contributed by atoms with E-state index in [0.717, 1.165) is 32.5 Å². The zero-order valence-corrected chi connectivity index (χ0v) is 23.6. The van der Waals surface area contributed by atoms with Gasteiger partial charge in [0.05, 0.1) is 18.2 Å². The average Bonchev–Trinajstić information content (AvgIpc) is 2.82. The highest BCUT2D eigenvalue weighted by molar-refractivity contribution is 4.92. The molecule has 0 radical (unpaired) electrons. The van der Waals surface area contributed by atoms with E-state index in [1.54, 1.807) is 0 Å². The molecule has 0 aliphatic heterocycles. The molecule has 0 aliphatic rings. The second-order valence-electron chi connectivity index (χ2n) is 10.5. The third-order valence-corrected chi connectivity index (χ3v) is 6.65. The topological polar surface area (TPSA) is 44.5 Å². The van der Waals surface area contributed by atoms with Gasteiger partial charge in [0.2, 0.25) is 0 Å². The molecule has 0 saturated heterocycles. The Bertz CT molecular complexity index is 458. The lowest BCUT2D eigenvalue weighted by atomic mass is 10.00. The van der Waals surface area contributed by atoms with Crippen LogP contribution in [0.3, 0.4) is 0 Å². The number of rotatable bonds is 26. The van der Waals surface area contributed by atoms with Gasteiger partial charge in [0, 0.05) is 13.2 Å². The van der Waals surface area contributed by atoms with Crippen molar-refractivity contribution in [2.75, 3.05) is 19.8 Å². The van der Waals surface area contributed by atoms with Crippen LogP contribution < -0.4 is 5.73 Å². The first-order chi connectivity index (χ1) is 16.5. The van der Waals surface area contributed by atoms with Crippen molar-refractivity contribution in [3.8, 4) is 0 Å². The fourth-order valence-corrected chi connectivity index (χ4v) is 3.93. The predicted molar refractivity (Wildman–Crippen MR) is 152 cm³/mol. The van der Waals surface area contributed by atoms with Gasteiger partial charge < -0.3 is 15.2 Å². The standard InChI is InChI=1S/C31H61NO2/c1-5-7-9-11-13-14-15-16-17-18-19-20-21-22-24-26-28-34-31(3,4)30(32)29-33-27-25-23-12-10-8-6-2/h13-14,16-17,30H,5-12,15,18-29,32H2,1-4H3/b14-13-,17-16-. The summed E-state index contributed by atoms with van der Waals surface area (Å²) >= 11 is 0. The van der Waals surface area contributed by atoms with E-state index in [1.165, 1.54) is 96.3 Å². The summed E-state index contributed by atoms with van der Waals surface area (Å²) in [6, 6.07) is -0.0720. The average molecular weight is 480 g/mol. The molecule has 3 heteroatoms. The number of nitrogens with two attached hydrogens (primary N) is 1. The van der Waals surface area contributed by atoms with E-state index in [4.69, 9.17) is 15.2 Å². The van der Waals surface area contributed by atoms with Crippen LogP contribution in [0.15, 0.2) is 24.3 Å². The van der Waals surface area contributed by atoms with Crippen molar-refractivity contribution in [2.24, 2.45) is 5.73 Å². The van der Waals surface area contributed by atoms with E-state index < -0.39 is 0 Å². The van der Waals surface area contributed by atoms with E-state index in [1.807, 2.05) is 0 Å². The van der Waals surface area contributed by atoms with Gasteiger partial charge in [0.25, 0.3) is 0 Å². The summed E-state index contributed by atoms with van der Waals surface area (Å²) in [6.07, 6.45) is 32.3. The number of unbranched alkanes of at least 4 members (excludes halogenated alkanes) is 14. The Morgan fingerprint density at radius 2 is 1.09 bits per heavy atom. The van der Waals surface area contributed by atoms with E-state index in [0.29, 0.717) is 6.61 Å². The van der Waals surface area contributed by atoms with Crippen molar-refractivity contribution < 1.29 is 9.47 Å². The summed E-state index contributed by atoms with van der Waals surface area (Å²) in [7, 11) is 0. The summed E-state index contributed by atoms with van der Waals surface area (Å²) in [5.41, 5.74) is 6.02. The minimum atomic E-state index is -0.321. The van der Waals surface area contributed by atoms with E-state index in [-0.39, 0.29) is 11.6 Å². The SMILES string of the molecule is CCCCC/C=C\C/C=C\CCCCCCCCOC(C)(C)C(N)COCCCCCCCC. The largest absolute Gasteiger partial charge is 0.380 e. The first-order valence-electron chi connectivity index (χ1n) is 14.8. The number of hydrogen-bond acceptors (Lipinski definition) is 3. The fraction of sp³-hybridized carbons (Fsp3) is 0.871. The highest BCUT2D eigenvalue weighted by Gasteiger charge is 2.27. The van der Waals surface area contributed by atoms with Crippen LogP contribution in [0.25, 0.3) is 0 Å². The van der Waals surface area contributed by atoms with Crippen molar-refractivity contribution in [1.82, 2.24) is 0 Å². The van der Waals surface area contributed by atoms with Crippen molar-refractivity contribution in [2.45, 2.75) is 155 Å². The molecule has 1 unspecified atom stereocenters.